The molecule has 0 aliphatic heterocycles. The Morgan fingerprint density at radius 3 is 2.44 bits per heavy atom. The van der Waals surface area contributed by atoms with Gasteiger partial charge in [0.2, 0.25) is 0 Å². The summed E-state index contributed by atoms with van der Waals surface area (Å²) >= 11 is 0. The highest BCUT2D eigenvalue weighted by Gasteiger charge is 2.24. The maximum absolute atomic E-state index is 5.97. The predicted molar refractivity (Wildman–Crippen MR) is 70.2 cm³/mol. The molecule has 0 aliphatic carbocycles. The minimum atomic E-state index is -1.77. The van der Waals surface area contributed by atoms with Gasteiger partial charge in [-0.25, -0.2) is 0 Å². The van der Waals surface area contributed by atoms with E-state index >= 15 is 0 Å². The van der Waals surface area contributed by atoms with Gasteiger partial charge in [-0.15, -0.1) is 0 Å². The van der Waals surface area contributed by atoms with E-state index in [2.05, 4.69) is 19.7 Å². The molecule has 0 radical (unpaired) electrons. The van der Waals surface area contributed by atoms with Crippen molar-refractivity contribution in [2.75, 3.05) is 12.8 Å². The van der Waals surface area contributed by atoms with Crippen LogP contribution in [0.2, 0.25) is 13.1 Å². The van der Waals surface area contributed by atoms with Gasteiger partial charge in [0.15, 0.2) is 0 Å². The Hall–Kier alpha value is -1.06. The van der Waals surface area contributed by atoms with Gasteiger partial charge >= 0.3 is 0 Å². The second-order valence-electron chi connectivity index (χ2n) is 4.62. The van der Waals surface area contributed by atoms with Crippen molar-refractivity contribution in [2.24, 2.45) is 0 Å². The maximum atomic E-state index is 5.97. The zero-order chi connectivity index (χ0) is 12.0. The topological polar surface area (TPSA) is 18.5 Å². The molecule has 0 saturated carbocycles. The van der Waals surface area contributed by atoms with E-state index in [1.807, 2.05) is 37.3 Å². The molecule has 0 spiro atoms. The van der Waals surface area contributed by atoms with E-state index in [4.69, 9.17) is 9.16 Å². The molecule has 0 amide bonds. The van der Waals surface area contributed by atoms with Crippen LogP contribution in [0.3, 0.4) is 0 Å². The maximum Gasteiger partial charge on any atom is 0.270 e. The highest BCUT2D eigenvalue weighted by atomic mass is 28.4. The number of benzene rings is 1. The number of rotatable bonds is 6. The van der Waals surface area contributed by atoms with E-state index in [0.717, 1.165) is 11.3 Å². The lowest BCUT2D eigenvalue weighted by Crippen LogP contribution is -2.40. The van der Waals surface area contributed by atoms with Crippen LogP contribution in [0.15, 0.2) is 42.5 Å². The zero-order valence-electron chi connectivity index (χ0n) is 10.3. The normalized spacial score (nSPS) is 11.2. The molecule has 0 aliphatic rings. The minimum absolute atomic E-state index is 0.620. The third kappa shape index (κ3) is 5.14. The Labute approximate surface area is 99.0 Å². The number of hydrogen-bond donors (Lipinski definition) is 0. The largest absolute Gasteiger partial charge is 0.542 e. The Kier molecular flexibility index (Phi) is 4.77. The first-order chi connectivity index (χ1) is 7.49. The van der Waals surface area contributed by atoms with Crippen molar-refractivity contribution in [2.45, 2.75) is 20.0 Å². The molecule has 0 atom stereocenters. The zero-order valence-corrected chi connectivity index (χ0v) is 11.3. The third-order valence-electron chi connectivity index (χ3n) is 1.94. The lowest BCUT2D eigenvalue weighted by atomic mass is 10.3. The molecule has 0 unspecified atom stereocenters. The summed E-state index contributed by atoms with van der Waals surface area (Å²) in [5, 5.41) is 0. The second kappa shape index (κ2) is 5.87. The van der Waals surface area contributed by atoms with Gasteiger partial charge in [-0.05, 0) is 32.2 Å². The van der Waals surface area contributed by atoms with Crippen molar-refractivity contribution in [1.82, 2.24) is 0 Å². The summed E-state index contributed by atoms with van der Waals surface area (Å²) < 4.78 is 11.5. The molecule has 2 nitrogen and oxygen atoms in total. The first kappa shape index (κ1) is 13.0. The van der Waals surface area contributed by atoms with Gasteiger partial charge in [0.1, 0.15) is 5.75 Å². The summed E-state index contributed by atoms with van der Waals surface area (Å²) in [6.45, 7) is 10.7. The molecule has 0 N–H and O–H groups in total. The molecular formula is C13H20O2Si. The number of ether oxygens (including phenoxy) is 1. The monoisotopic (exact) mass is 236 g/mol. The fraction of sp³-hybridized carbons (Fsp3) is 0.385. The van der Waals surface area contributed by atoms with Crippen LogP contribution in [0.1, 0.15) is 6.92 Å². The SMILES string of the molecule is C=C(C)COC[Si](C)(C)Oc1ccccc1. The van der Waals surface area contributed by atoms with Crippen LogP contribution < -0.4 is 4.43 Å². The molecule has 0 heterocycles. The molecule has 0 bridgehead atoms. The standard InChI is InChI=1S/C13H20O2Si/c1-12(2)10-14-11-16(3,4)15-13-8-6-5-7-9-13/h5-9H,1,10-11H2,2-4H3. The van der Waals surface area contributed by atoms with Gasteiger partial charge in [0.05, 0.1) is 12.8 Å². The summed E-state index contributed by atoms with van der Waals surface area (Å²) in [4.78, 5) is 0. The minimum Gasteiger partial charge on any atom is -0.542 e. The Morgan fingerprint density at radius 1 is 1.25 bits per heavy atom. The molecule has 88 valence electrons. The van der Waals surface area contributed by atoms with Crippen LogP contribution >= 0.6 is 0 Å². The van der Waals surface area contributed by atoms with Crippen molar-refractivity contribution in [3.05, 3.63) is 42.5 Å². The van der Waals surface area contributed by atoms with Crippen molar-refractivity contribution in [3.8, 4) is 5.75 Å². The molecule has 16 heavy (non-hydrogen) atoms. The van der Waals surface area contributed by atoms with Crippen LogP contribution in [0, 0.1) is 0 Å². The van der Waals surface area contributed by atoms with Crippen LogP contribution in [0.5, 0.6) is 5.75 Å². The summed E-state index contributed by atoms with van der Waals surface area (Å²) in [5.41, 5.74) is 1.05. The molecular weight excluding hydrogens is 216 g/mol. The molecule has 1 aromatic carbocycles. The summed E-state index contributed by atoms with van der Waals surface area (Å²) in [5.74, 6) is 0.929. The fourth-order valence-electron chi connectivity index (χ4n) is 1.31. The molecule has 1 aromatic rings. The van der Waals surface area contributed by atoms with Crippen molar-refractivity contribution in [3.63, 3.8) is 0 Å². The summed E-state index contributed by atoms with van der Waals surface area (Å²) in [6, 6.07) is 9.91. The fourth-order valence-corrected chi connectivity index (χ4v) is 2.73. The second-order valence-corrected chi connectivity index (χ2v) is 8.64. The third-order valence-corrected chi connectivity index (χ3v) is 3.62. The first-order valence-corrected chi connectivity index (χ1v) is 8.57. The van der Waals surface area contributed by atoms with Gasteiger partial charge in [0.25, 0.3) is 8.32 Å². The summed E-state index contributed by atoms with van der Waals surface area (Å²) in [6.07, 6.45) is 0.689. The van der Waals surface area contributed by atoms with E-state index in [9.17, 15) is 0 Å². The number of hydrogen-bond acceptors (Lipinski definition) is 2. The van der Waals surface area contributed by atoms with Crippen molar-refractivity contribution >= 4 is 8.32 Å². The van der Waals surface area contributed by atoms with E-state index in [0.29, 0.717) is 12.8 Å². The average Bonchev–Trinajstić information content (AvgIpc) is 2.17. The van der Waals surface area contributed by atoms with E-state index in [1.165, 1.54) is 0 Å². The lowest BCUT2D eigenvalue weighted by molar-refractivity contribution is 0.189. The van der Waals surface area contributed by atoms with Crippen molar-refractivity contribution in [1.29, 1.82) is 0 Å². The molecule has 3 heteroatoms. The Balaban J connectivity index is 2.42. The van der Waals surface area contributed by atoms with Crippen molar-refractivity contribution < 1.29 is 9.16 Å². The van der Waals surface area contributed by atoms with Crippen LogP contribution in [0.25, 0.3) is 0 Å². The quantitative estimate of drug-likeness (QED) is 0.557. The average molecular weight is 236 g/mol. The first-order valence-electron chi connectivity index (χ1n) is 5.46. The van der Waals surface area contributed by atoms with Crippen LogP contribution in [-0.2, 0) is 4.74 Å². The van der Waals surface area contributed by atoms with Gasteiger partial charge in [0, 0.05) is 0 Å². The molecule has 0 saturated heterocycles. The van der Waals surface area contributed by atoms with Gasteiger partial charge < -0.3 is 9.16 Å². The van der Waals surface area contributed by atoms with Gasteiger partial charge in [-0.3, -0.25) is 0 Å². The number of para-hydroxylation sites is 1. The van der Waals surface area contributed by atoms with E-state index in [1.54, 1.807) is 0 Å². The Morgan fingerprint density at radius 2 is 1.88 bits per heavy atom. The highest BCUT2D eigenvalue weighted by Crippen LogP contribution is 2.15. The lowest BCUT2D eigenvalue weighted by Gasteiger charge is -2.23. The smallest absolute Gasteiger partial charge is 0.270 e. The molecule has 0 fully saturated rings. The van der Waals surface area contributed by atoms with Gasteiger partial charge in [-0.2, -0.15) is 0 Å². The Bertz CT molecular complexity index is 333. The van der Waals surface area contributed by atoms with E-state index in [-0.39, 0.29) is 0 Å². The summed E-state index contributed by atoms with van der Waals surface area (Å²) in [7, 11) is -1.77. The molecule has 1 rings (SSSR count). The van der Waals surface area contributed by atoms with Gasteiger partial charge in [-0.1, -0.05) is 30.4 Å². The van der Waals surface area contributed by atoms with E-state index < -0.39 is 8.32 Å². The molecule has 0 aromatic heterocycles. The van der Waals surface area contributed by atoms with Crippen LogP contribution in [-0.4, -0.2) is 21.2 Å². The predicted octanol–water partition coefficient (Wildman–Crippen LogP) is 3.40. The highest BCUT2D eigenvalue weighted by molar-refractivity contribution is 6.71. The van der Waals surface area contributed by atoms with Crippen LogP contribution in [0.4, 0.5) is 0 Å².